The van der Waals surface area contributed by atoms with Gasteiger partial charge < -0.3 is 9.67 Å². The molecule has 1 aromatic heterocycles. The zero-order valence-corrected chi connectivity index (χ0v) is 18.0. The van der Waals surface area contributed by atoms with E-state index >= 15 is 0 Å². The molecule has 5 rings (SSSR count). The number of aliphatic hydroxyl groups excluding tert-OH is 1. The van der Waals surface area contributed by atoms with E-state index in [9.17, 15) is 9.90 Å². The number of nitrogens with zero attached hydrogens (tertiary/aromatic N) is 1. The molecule has 154 valence electrons. The average Bonchev–Trinajstić information content (AvgIpc) is 3.06. The first kappa shape index (κ1) is 19.3. The Morgan fingerprint density at radius 1 is 1.17 bits per heavy atom. The molecule has 2 aliphatic carbocycles. The topological polar surface area (TPSA) is 42.2 Å². The van der Waals surface area contributed by atoms with E-state index in [4.69, 9.17) is 0 Å². The normalized spacial score (nSPS) is 26.1. The molecule has 3 nitrogen and oxygen atoms in total. The highest BCUT2D eigenvalue weighted by Gasteiger charge is 2.45. The van der Waals surface area contributed by atoms with Gasteiger partial charge in [0, 0.05) is 39.3 Å². The van der Waals surface area contributed by atoms with Crippen molar-refractivity contribution in [3.63, 3.8) is 0 Å². The molecule has 2 aliphatic rings. The average molecular weight is 400 g/mol. The molecule has 0 aliphatic heterocycles. The smallest absolute Gasteiger partial charge is 0.184 e. The lowest BCUT2D eigenvalue weighted by Crippen LogP contribution is -2.42. The fourth-order valence-corrected chi connectivity index (χ4v) is 5.79. The van der Waals surface area contributed by atoms with Crippen molar-refractivity contribution in [2.75, 3.05) is 0 Å². The van der Waals surface area contributed by atoms with Gasteiger partial charge in [-0.2, -0.15) is 0 Å². The molecule has 1 N–H and O–H groups in total. The number of aromatic nitrogens is 1. The van der Waals surface area contributed by atoms with Crippen LogP contribution in [0.15, 0.2) is 59.2 Å². The highest BCUT2D eigenvalue weighted by molar-refractivity contribution is 6.13. The van der Waals surface area contributed by atoms with Crippen LogP contribution in [0.3, 0.4) is 0 Å². The lowest BCUT2D eigenvalue weighted by molar-refractivity contribution is -0.113. The van der Waals surface area contributed by atoms with Crippen LogP contribution < -0.4 is 0 Å². The second-order valence-electron chi connectivity index (χ2n) is 9.14. The predicted molar refractivity (Wildman–Crippen MR) is 123 cm³/mol. The summed E-state index contributed by atoms with van der Waals surface area (Å²) in [7, 11) is 0. The second-order valence-corrected chi connectivity index (χ2v) is 9.14. The second kappa shape index (κ2) is 6.95. The molecule has 0 spiro atoms. The number of rotatable bonds is 2. The maximum absolute atomic E-state index is 13.1. The SMILES string of the molecule is CCn1c2ccccc2c2cc(/C=C3\C[C@@]4(C)C(=C(C)C3=O)CCC[C@@H]4O)ccc21. The van der Waals surface area contributed by atoms with Crippen LogP contribution in [0.5, 0.6) is 0 Å². The zero-order valence-electron chi connectivity index (χ0n) is 18.0. The molecule has 30 heavy (non-hydrogen) atoms. The molecule has 1 heterocycles. The van der Waals surface area contributed by atoms with Crippen molar-refractivity contribution in [1.29, 1.82) is 0 Å². The van der Waals surface area contributed by atoms with E-state index in [0.717, 1.165) is 42.5 Å². The summed E-state index contributed by atoms with van der Waals surface area (Å²) in [5.41, 5.74) is 6.04. The van der Waals surface area contributed by atoms with Crippen LogP contribution in [-0.4, -0.2) is 21.6 Å². The fourth-order valence-electron chi connectivity index (χ4n) is 5.79. The van der Waals surface area contributed by atoms with Crippen molar-refractivity contribution < 1.29 is 9.90 Å². The summed E-state index contributed by atoms with van der Waals surface area (Å²) < 4.78 is 2.34. The Kier molecular flexibility index (Phi) is 4.48. The summed E-state index contributed by atoms with van der Waals surface area (Å²) in [5, 5.41) is 13.2. The maximum Gasteiger partial charge on any atom is 0.184 e. The van der Waals surface area contributed by atoms with E-state index in [2.05, 4.69) is 60.9 Å². The largest absolute Gasteiger partial charge is 0.392 e. The maximum atomic E-state index is 13.1. The number of carbonyl (C=O) groups is 1. The first-order valence-electron chi connectivity index (χ1n) is 11.1. The van der Waals surface area contributed by atoms with Gasteiger partial charge >= 0.3 is 0 Å². The standard InChI is InChI=1S/C27H29NO2/c1-4-28-23-10-6-5-8-20(23)21-15-18(12-13-24(21)28)14-19-16-27(3)22(17(2)26(19)30)9-7-11-25(27)29/h5-6,8,10,12-15,25,29H,4,7,9,11,16H2,1-3H3/b19-14+/t25-,27-/m0/s1. The van der Waals surface area contributed by atoms with Gasteiger partial charge in [0.15, 0.2) is 5.78 Å². The van der Waals surface area contributed by atoms with Crippen LogP contribution in [0.25, 0.3) is 27.9 Å². The molecular weight excluding hydrogens is 370 g/mol. The number of aliphatic hydroxyl groups is 1. The minimum atomic E-state index is -0.377. The van der Waals surface area contributed by atoms with Gasteiger partial charge in [-0.05, 0) is 74.9 Å². The molecule has 1 saturated carbocycles. The van der Waals surface area contributed by atoms with Gasteiger partial charge in [0.25, 0.3) is 0 Å². The summed E-state index contributed by atoms with van der Waals surface area (Å²) >= 11 is 0. The van der Waals surface area contributed by atoms with Crippen LogP contribution in [0.1, 0.15) is 52.0 Å². The summed E-state index contributed by atoms with van der Waals surface area (Å²) in [4.78, 5) is 13.1. The van der Waals surface area contributed by atoms with Gasteiger partial charge in [-0.3, -0.25) is 4.79 Å². The Morgan fingerprint density at radius 2 is 1.93 bits per heavy atom. The van der Waals surface area contributed by atoms with E-state index in [0.29, 0.717) is 6.42 Å². The van der Waals surface area contributed by atoms with Crippen molar-refractivity contribution in [1.82, 2.24) is 4.57 Å². The van der Waals surface area contributed by atoms with Gasteiger partial charge in [0.05, 0.1) is 6.10 Å². The molecule has 2 atom stereocenters. The van der Waals surface area contributed by atoms with Crippen LogP contribution in [-0.2, 0) is 11.3 Å². The predicted octanol–water partition coefficient (Wildman–Crippen LogP) is 6.04. The number of allylic oxidation sites excluding steroid dienone is 2. The number of ketones is 1. The number of benzene rings is 2. The van der Waals surface area contributed by atoms with E-state index in [1.165, 1.54) is 27.4 Å². The number of fused-ring (bicyclic) bond motifs is 4. The Hall–Kier alpha value is -2.65. The Bertz CT molecular complexity index is 1240. The van der Waals surface area contributed by atoms with Gasteiger partial charge in [-0.1, -0.05) is 36.8 Å². The number of aryl methyl sites for hydroxylation is 1. The first-order chi connectivity index (χ1) is 14.4. The minimum Gasteiger partial charge on any atom is -0.392 e. The van der Waals surface area contributed by atoms with Crippen LogP contribution in [0, 0.1) is 5.41 Å². The Labute approximate surface area is 177 Å². The molecule has 1 fully saturated rings. The first-order valence-corrected chi connectivity index (χ1v) is 11.1. The van der Waals surface area contributed by atoms with E-state index < -0.39 is 0 Å². The van der Waals surface area contributed by atoms with E-state index in [-0.39, 0.29) is 17.3 Å². The highest BCUT2D eigenvalue weighted by Crippen LogP contribution is 2.50. The lowest BCUT2D eigenvalue weighted by Gasteiger charge is -2.45. The van der Waals surface area contributed by atoms with Crippen molar-refractivity contribution in [3.8, 4) is 0 Å². The van der Waals surface area contributed by atoms with Crippen molar-refractivity contribution in [2.24, 2.45) is 5.41 Å². The fraction of sp³-hybridized carbons (Fsp3) is 0.370. The third-order valence-corrected chi connectivity index (χ3v) is 7.43. The number of hydrogen-bond acceptors (Lipinski definition) is 2. The van der Waals surface area contributed by atoms with Crippen molar-refractivity contribution in [3.05, 3.63) is 64.7 Å². The molecular formula is C27H29NO2. The molecule has 0 bridgehead atoms. The van der Waals surface area contributed by atoms with Crippen LogP contribution >= 0.6 is 0 Å². The number of para-hydroxylation sites is 1. The quantitative estimate of drug-likeness (QED) is 0.534. The highest BCUT2D eigenvalue weighted by atomic mass is 16.3. The van der Waals surface area contributed by atoms with Crippen molar-refractivity contribution in [2.45, 2.75) is 59.1 Å². The number of hydrogen-bond donors (Lipinski definition) is 1. The number of Topliss-reactive ketones (excluding diaryl/α,β-unsaturated/α-hetero) is 1. The third-order valence-electron chi connectivity index (χ3n) is 7.43. The van der Waals surface area contributed by atoms with Gasteiger partial charge in [0.1, 0.15) is 0 Å². The summed E-state index contributed by atoms with van der Waals surface area (Å²) in [6.45, 7) is 7.17. The molecule has 0 saturated heterocycles. The Morgan fingerprint density at radius 3 is 2.73 bits per heavy atom. The van der Waals surface area contributed by atoms with Gasteiger partial charge in [-0.15, -0.1) is 0 Å². The van der Waals surface area contributed by atoms with Gasteiger partial charge in [0.2, 0.25) is 0 Å². The summed E-state index contributed by atoms with van der Waals surface area (Å²) in [6.07, 6.45) is 5.00. The third kappa shape index (κ3) is 2.72. The van der Waals surface area contributed by atoms with Crippen LogP contribution in [0.2, 0.25) is 0 Å². The van der Waals surface area contributed by atoms with E-state index in [1.54, 1.807) is 0 Å². The molecule has 0 unspecified atom stereocenters. The molecule has 3 heteroatoms. The van der Waals surface area contributed by atoms with Gasteiger partial charge in [-0.25, -0.2) is 0 Å². The van der Waals surface area contributed by atoms with E-state index in [1.807, 2.05) is 13.0 Å². The van der Waals surface area contributed by atoms with Crippen molar-refractivity contribution >= 4 is 33.7 Å². The van der Waals surface area contributed by atoms with Crippen LogP contribution in [0.4, 0.5) is 0 Å². The minimum absolute atomic E-state index is 0.146. The Balaban J connectivity index is 1.64. The molecule has 0 radical (unpaired) electrons. The number of carbonyl (C=O) groups excluding carboxylic acids is 1. The monoisotopic (exact) mass is 399 g/mol. The molecule has 3 aromatic rings. The molecule has 2 aromatic carbocycles. The summed E-state index contributed by atoms with van der Waals surface area (Å²) in [5.74, 6) is 0.146. The summed E-state index contributed by atoms with van der Waals surface area (Å²) in [6, 6.07) is 15.0. The lowest BCUT2D eigenvalue weighted by atomic mass is 9.61. The molecule has 0 amide bonds. The zero-order chi connectivity index (χ0) is 21.0.